The molecule has 7 aromatic rings. The molecule has 9 nitrogen and oxygen atoms in total. The second kappa shape index (κ2) is 13.7. The third-order valence-corrected chi connectivity index (χ3v) is 10.6. The van der Waals surface area contributed by atoms with E-state index in [0.29, 0.717) is 5.69 Å². The maximum Gasteiger partial charge on any atom is 0.335 e. The number of carboxylic acids is 1. The largest absolute Gasteiger partial charge is 0.478 e. The SMILES string of the molecule is Cc1ccnc(-c2c3nc(c(-c4ccc(C(=O)O)cc4)c4cc(I)c([nH]4)c(-c4cc(C)ccn4)c4nc(c(-c5cc(C)ccn5)c5ccc2[nH]5)C=C4)C=C3)c1. The Morgan fingerprint density at radius 1 is 0.545 bits per heavy atom. The molecule has 1 aromatic carbocycles. The third kappa shape index (κ3) is 6.33. The standard InChI is InChI=1S/C45H32IN7O2/c1-24-14-17-47-36(20-24)41-31-9-8-30(50-31)40(27-4-6-28(7-5-27)45(54)55)39-23-29(46)44(53-39)43(38-22-26(3)16-19-49-38)35-13-12-34(52-35)42(33-11-10-32(41)51-33)37-21-25(2)15-18-48-37/h4-23,51,53H,1-3H3,(H,54,55). The highest BCUT2D eigenvalue weighted by atomic mass is 127. The minimum Gasteiger partial charge on any atom is -0.478 e. The lowest BCUT2D eigenvalue weighted by molar-refractivity contribution is 0.0697. The Hall–Kier alpha value is -6.53. The van der Waals surface area contributed by atoms with E-state index in [1.165, 1.54) is 0 Å². The van der Waals surface area contributed by atoms with Gasteiger partial charge in [-0.25, -0.2) is 14.8 Å². The summed E-state index contributed by atoms with van der Waals surface area (Å²) in [4.78, 5) is 44.5. The van der Waals surface area contributed by atoms with Gasteiger partial charge in [-0.15, -0.1) is 0 Å². The molecule has 3 N–H and O–H groups in total. The number of carboxylic acid groups (broad SMARTS) is 1. The molecule has 9 rings (SSSR count). The molecule has 0 atom stereocenters. The Morgan fingerprint density at radius 2 is 1.00 bits per heavy atom. The zero-order chi connectivity index (χ0) is 37.8. The monoisotopic (exact) mass is 829 g/mol. The van der Waals surface area contributed by atoms with Crippen molar-refractivity contribution in [1.82, 2.24) is 34.9 Å². The van der Waals surface area contributed by atoms with Gasteiger partial charge in [0.2, 0.25) is 0 Å². The van der Waals surface area contributed by atoms with E-state index < -0.39 is 5.97 Å². The first-order chi connectivity index (χ1) is 26.7. The Morgan fingerprint density at radius 3 is 1.47 bits per heavy atom. The minimum absolute atomic E-state index is 0.204. The maximum atomic E-state index is 11.9. The van der Waals surface area contributed by atoms with Gasteiger partial charge in [-0.2, -0.15) is 0 Å². The summed E-state index contributed by atoms with van der Waals surface area (Å²) in [6.45, 7) is 6.16. The molecule has 8 bridgehead atoms. The van der Waals surface area contributed by atoms with Crippen LogP contribution in [0.25, 0.3) is 91.3 Å². The first-order valence-electron chi connectivity index (χ1n) is 17.7. The highest BCUT2D eigenvalue weighted by Gasteiger charge is 2.21. The fourth-order valence-electron chi connectivity index (χ4n) is 7.16. The molecule has 266 valence electrons. The molecule has 8 heterocycles. The van der Waals surface area contributed by atoms with Crippen LogP contribution in [0.3, 0.4) is 0 Å². The van der Waals surface area contributed by atoms with Crippen LogP contribution in [0.2, 0.25) is 0 Å². The number of hydrogen-bond acceptors (Lipinski definition) is 6. The van der Waals surface area contributed by atoms with E-state index in [9.17, 15) is 9.90 Å². The number of nitrogens with zero attached hydrogens (tertiary/aromatic N) is 5. The highest BCUT2D eigenvalue weighted by molar-refractivity contribution is 14.1. The van der Waals surface area contributed by atoms with Gasteiger partial charge in [-0.1, -0.05) is 12.1 Å². The number of pyridine rings is 3. The van der Waals surface area contributed by atoms with Gasteiger partial charge in [0.1, 0.15) is 0 Å². The van der Waals surface area contributed by atoms with Gasteiger partial charge >= 0.3 is 5.97 Å². The Balaban J connectivity index is 1.49. The molecular formula is C45H32IN7O2. The lowest BCUT2D eigenvalue weighted by Gasteiger charge is -2.07. The molecular weight excluding hydrogens is 797 g/mol. The molecule has 0 unspecified atom stereocenters. The van der Waals surface area contributed by atoms with Crippen molar-refractivity contribution < 1.29 is 9.90 Å². The fourth-order valence-corrected chi connectivity index (χ4v) is 7.87. The first kappa shape index (κ1) is 34.3. The molecule has 0 fully saturated rings. The van der Waals surface area contributed by atoms with E-state index in [4.69, 9.17) is 24.9 Å². The van der Waals surface area contributed by atoms with Gasteiger partial charge in [-0.05, 0) is 157 Å². The predicted molar refractivity (Wildman–Crippen MR) is 228 cm³/mol. The predicted octanol–water partition coefficient (Wildman–Crippen LogP) is 10.7. The number of benzene rings is 1. The smallest absolute Gasteiger partial charge is 0.335 e. The summed E-state index contributed by atoms with van der Waals surface area (Å²) in [5, 5.41) is 9.71. The summed E-state index contributed by atoms with van der Waals surface area (Å²) in [7, 11) is 0. The van der Waals surface area contributed by atoms with Crippen LogP contribution in [-0.4, -0.2) is 46.0 Å². The molecule has 0 aliphatic carbocycles. The van der Waals surface area contributed by atoms with Crippen molar-refractivity contribution in [1.29, 1.82) is 0 Å². The second-order valence-electron chi connectivity index (χ2n) is 13.7. The Labute approximate surface area is 329 Å². The number of aryl methyl sites for hydroxylation is 3. The number of aromatic carboxylic acids is 1. The number of nitrogens with one attached hydrogen (secondary N) is 2. The van der Waals surface area contributed by atoms with E-state index in [-0.39, 0.29) is 5.56 Å². The lowest BCUT2D eigenvalue weighted by atomic mass is 10.0. The molecule has 2 aliphatic heterocycles. The van der Waals surface area contributed by atoms with Gasteiger partial charge in [-0.3, -0.25) is 15.0 Å². The van der Waals surface area contributed by atoms with Crippen molar-refractivity contribution in [2.45, 2.75) is 20.8 Å². The van der Waals surface area contributed by atoms with Gasteiger partial charge in [0.05, 0.1) is 67.5 Å². The normalized spacial score (nSPS) is 12.0. The summed E-state index contributed by atoms with van der Waals surface area (Å²) >= 11 is 2.36. The number of halogens is 1. The topological polar surface area (TPSA) is 133 Å². The van der Waals surface area contributed by atoms with Crippen LogP contribution >= 0.6 is 22.6 Å². The van der Waals surface area contributed by atoms with Crippen LogP contribution in [-0.2, 0) is 0 Å². The van der Waals surface area contributed by atoms with E-state index in [1.807, 2.05) is 80.2 Å². The minimum atomic E-state index is -0.986. The van der Waals surface area contributed by atoms with E-state index in [2.05, 4.69) is 82.8 Å². The van der Waals surface area contributed by atoms with E-state index in [1.54, 1.807) is 12.1 Å². The molecule has 2 aliphatic rings. The Bertz CT molecular complexity index is 2960. The first-order valence-corrected chi connectivity index (χ1v) is 18.8. The van der Waals surface area contributed by atoms with E-state index >= 15 is 0 Å². The van der Waals surface area contributed by atoms with Crippen molar-refractivity contribution in [3.05, 3.63) is 146 Å². The summed E-state index contributed by atoms with van der Waals surface area (Å²) in [6, 6.07) is 25.3. The van der Waals surface area contributed by atoms with Crippen molar-refractivity contribution in [3.8, 4) is 44.9 Å². The zero-order valence-electron chi connectivity index (χ0n) is 30.0. The number of fused-ring (bicyclic) bond motifs is 8. The lowest BCUT2D eigenvalue weighted by Crippen LogP contribution is -1.95. The third-order valence-electron chi connectivity index (χ3n) is 9.75. The van der Waals surface area contributed by atoms with Crippen LogP contribution in [0.1, 0.15) is 49.8 Å². The summed E-state index contributed by atoms with van der Waals surface area (Å²) in [6.07, 6.45) is 13.6. The zero-order valence-corrected chi connectivity index (χ0v) is 32.2. The molecule has 0 saturated heterocycles. The number of H-pyrrole nitrogens is 2. The number of carbonyl (C=O) groups is 1. The summed E-state index contributed by atoms with van der Waals surface area (Å²) < 4.78 is 0.959. The molecule has 10 heteroatoms. The van der Waals surface area contributed by atoms with Crippen molar-refractivity contribution >= 4 is 74.9 Å². The molecule has 6 aromatic heterocycles. The van der Waals surface area contributed by atoms with Crippen molar-refractivity contribution in [2.24, 2.45) is 0 Å². The van der Waals surface area contributed by atoms with E-state index in [0.717, 1.165) is 104 Å². The molecule has 0 amide bonds. The highest BCUT2D eigenvalue weighted by Crippen LogP contribution is 2.39. The van der Waals surface area contributed by atoms with Gasteiger partial charge in [0, 0.05) is 44.4 Å². The molecule has 0 spiro atoms. The van der Waals surface area contributed by atoms with Crippen LogP contribution in [0.5, 0.6) is 0 Å². The van der Waals surface area contributed by atoms with Gasteiger partial charge in [0.25, 0.3) is 0 Å². The van der Waals surface area contributed by atoms with Crippen molar-refractivity contribution in [3.63, 3.8) is 0 Å². The summed E-state index contributed by atoms with van der Waals surface area (Å²) in [5.74, 6) is -0.986. The van der Waals surface area contributed by atoms with Gasteiger partial charge in [0.15, 0.2) is 0 Å². The molecule has 0 radical (unpaired) electrons. The number of aromatic amines is 2. The average molecular weight is 830 g/mol. The average Bonchev–Trinajstić information content (AvgIpc) is 4.00. The number of rotatable bonds is 5. The summed E-state index contributed by atoms with van der Waals surface area (Å²) in [5.41, 5.74) is 16.3. The Kier molecular flexibility index (Phi) is 8.54. The second-order valence-corrected chi connectivity index (χ2v) is 14.8. The van der Waals surface area contributed by atoms with Crippen LogP contribution in [0.4, 0.5) is 0 Å². The number of hydrogen-bond donors (Lipinski definition) is 3. The van der Waals surface area contributed by atoms with Crippen LogP contribution < -0.4 is 0 Å². The fraction of sp³-hybridized carbons (Fsp3) is 0.0667. The van der Waals surface area contributed by atoms with Crippen LogP contribution in [0, 0.1) is 24.3 Å². The van der Waals surface area contributed by atoms with Crippen molar-refractivity contribution in [2.75, 3.05) is 0 Å². The molecule has 0 saturated carbocycles. The quantitative estimate of drug-likeness (QED) is 0.147. The number of aromatic nitrogens is 7. The molecule has 55 heavy (non-hydrogen) atoms. The maximum absolute atomic E-state index is 11.9. The van der Waals surface area contributed by atoms with Crippen LogP contribution in [0.15, 0.2) is 97.5 Å². The van der Waals surface area contributed by atoms with Gasteiger partial charge < -0.3 is 15.1 Å².